The van der Waals surface area contributed by atoms with Gasteiger partial charge in [0.25, 0.3) is 0 Å². The third-order valence-electron chi connectivity index (χ3n) is 4.58. The fourth-order valence-corrected chi connectivity index (χ4v) is 3.97. The molecule has 2 rings (SSSR count). The number of halogens is 4. The Bertz CT molecular complexity index is 689. The fraction of sp³-hybridized carbons (Fsp3) is 0.632. The maximum absolute atomic E-state index is 13.0. The van der Waals surface area contributed by atoms with E-state index < -0.39 is 17.8 Å². The molecule has 28 heavy (non-hydrogen) atoms. The van der Waals surface area contributed by atoms with Gasteiger partial charge in [-0.1, -0.05) is 0 Å². The minimum Gasteiger partial charge on any atom is -0.376 e. The van der Waals surface area contributed by atoms with Gasteiger partial charge in [-0.05, 0) is 58.7 Å². The summed E-state index contributed by atoms with van der Waals surface area (Å²) < 4.78 is 39.1. The van der Waals surface area contributed by atoms with E-state index in [1.54, 1.807) is 19.0 Å². The lowest BCUT2D eigenvalue weighted by atomic mass is 9.80. The lowest BCUT2D eigenvalue weighted by molar-refractivity contribution is -0.137. The second kappa shape index (κ2) is 8.37. The number of anilines is 2. The molecule has 0 aromatic heterocycles. The van der Waals surface area contributed by atoms with Crippen molar-refractivity contribution >= 4 is 29.8 Å². The van der Waals surface area contributed by atoms with Crippen LogP contribution in [0, 0.1) is 0 Å². The number of piperidine rings is 1. The molecule has 0 atom stereocenters. The Balaban J connectivity index is 0.00000392. The molecule has 0 bridgehead atoms. The summed E-state index contributed by atoms with van der Waals surface area (Å²) in [6, 6.07) is 2.75. The average Bonchev–Trinajstić information content (AvgIpc) is 2.41. The highest BCUT2D eigenvalue weighted by Gasteiger charge is 2.38. The predicted octanol–water partition coefficient (Wildman–Crippen LogP) is 4.62. The maximum Gasteiger partial charge on any atom is 0.416 e. The smallest absolute Gasteiger partial charge is 0.376 e. The van der Waals surface area contributed by atoms with E-state index in [1.807, 2.05) is 0 Å². The van der Waals surface area contributed by atoms with Crippen molar-refractivity contribution in [3.05, 3.63) is 23.8 Å². The highest BCUT2D eigenvalue weighted by molar-refractivity contribution is 5.93. The van der Waals surface area contributed by atoms with Crippen molar-refractivity contribution in [1.82, 2.24) is 10.6 Å². The van der Waals surface area contributed by atoms with E-state index in [0.717, 1.165) is 25.0 Å². The zero-order chi connectivity index (χ0) is 20.6. The van der Waals surface area contributed by atoms with Crippen LogP contribution in [0.2, 0.25) is 0 Å². The predicted molar refractivity (Wildman–Crippen MR) is 109 cm³/mol. The van der Waals surface area contributed by atoms with Crippen LogP contribution in [0.4, 0.5) is 29.3 Å². The van der Waals surface area contributed by atoms with Gasteiger partial charge in [0.2, 0.25) is 0 Å². The minimum absolute atomic E-state index is 0. The van der Waals surface area contributed by atoms with Crippen molar-refractivity contribution in [2.75, 3.05) is 24.3 Å². The first-order chi connectivity index (χ1) is 12.2. The fourth-order valence-electron chi connectivity index (χ4n) is 3.97. The molecular weight excluding hydrogens is 393 g/mol. The Morgan fingerprint density at radius 1 is 1.14 bits per heavy atom. The van der Waals surface area contributed by atoms with Gasteiger partial charge in [-0.15, -0.1) is 12.4 Å². The molecule has 1 aromatic rings. The molecule has 0 saturated carbocycles. The van der Waals surface area contributed by atoms with Crippen LogP contribution >= 0.6 is 12.4 Å². The Morgan fingerprint density at radius 3 is 2.14 bits per heavy atom. The Labute approximate surface area is 170 Å². The Hall–Kier alpha value is -1.67. The number of carbonyl (C=O) groups excluding carboxylic acids is 1. The zero-order valence-electron chi connectivity index (χ0n) is 17.1. The highest BCUT2D eigenvalue weighted by Crippen LogP contribution is 2.35. The largest absolute Gasteiger partial charge is 0.416 e. The number of rotatable bonds is 3. The monoisotopic (exact) mass is 422 g/mol. The summed E-state index contributed by atoms with van der Waals surface area (Å²) in [7, 11) is 3.42. The van der Waals surface area contributed by atoms with Gasteiger partial charge in [-0.3, -0.25) is 0 Å². The van der Waals surface area contributed by atoms with Crippen LogP contribution in [0.25, 0.3) is 0 Å². The summed E-state index contributed by atoms with van der Waals surface area (Å²) in [6.07, 6.45) is -3.01. The summed E-state index contributed by atoms with van der Waals surface area (Å²) in [6.45, 7) is 8.27. The first-order valence-corrected chi connectivity index (χ1v) is 8.94. The molecule has 1 fully saturated rings. The van der Waals surface area contributed by atoms with Gasteiger partial charge in [0.1, 0.15) is 0 Å². The van der Waals surface area contributed by atoms with E-state index in [2.05, 4.69) is 43.6 Å². The first-order valence-electron chi connectivity index (χ1n) is 8.94. The maximum atomic E-state index is 13.0. The number of carbonyl (C=O) groups is 1. The van der Waals surface area contributed by atoms with Crippen LogP contribution in [0.1, 0.15) is 46.1 Å². The van der Waals surface area contributed by atoms with Crippen molar-refractivity contribution in [3.8, 4) is 0 Å². The van der Waals surface area contributed by atoms with Gasteiger partial charge < -0.3 is 20.9 Å². The average molecular weight is 423 g/mol. The zero-order valence-corrected chi connectivity index (χ0v) is 17.9. The molecule has 9 heteroatoms. The molecular formula is C19H30ClF3N4O. The van der Waals surface area contributed by atoms with E-state index in [9.17, 15) is 18.0 Å². The lowest BCUT2D eigenvalue weighted by Gasteiger charge is -2.46. The van der Waals surface area contributed by atoms with E-state index in [0.29, 0.717) is 5.69 Å². The van der Waals surface area contributed by atoms with Crippen molar-refractivity contribution in [1.29, 1.82) is 0 Å². The van der Waals surface area contributed by atoms with Crippen molar-refractivity contribution < 1.29 is 18.0 Å². The van der Waals surface area contributed by atoms with Crippen molar-refractivity contribution in [2.24, 2.45) is 0 Å². The number of urea groups is 1. The molecule has 1 heterocycles. The van der Waals surface area contributed by atoms with E-state index in [1.165, 1.54) is 6.07 Å². The summed E-state index contributed by atoms with van der Waals surface area (Å²) in [5.41, 5.74) is -0.466. The number of amides is 2. The molecule has 0 radical (unpaired) electrons. The number of alkyl halides is 3. The van der Waals surface area contributed by atoms with Crippen LogP contribution < -0.4 is 20.9 Å². The number of nitrogens with one attached hydrogen (secondary N) is 3. The summed E-state index contributed by atoms with van der Waals surface area (Å²) in [5.74, 6) is 0. The third-order valence-corrected chi connectivity index (χ3v) is 4.58. The Kier molecular flexibility index (Phi) is 7.28. The molecule has 2 amide bonds. The van der Waals surface area contributed by atoms with Crippen LogP contribution in [-0.2, 0) is 6.18 Å². The molecule has 0 aliphatic carbocycles. The Morgan fingerprint density at radius 2 is 1.68 bits per heavy atom. The van der Waals surface area contributed by atoms with Gasteiger partial charge in [0.15, 0.2) is 0 Å². The summed E-state index contributed by atoms with van der Waals surface area (Å²) in [5, 5.41) is 9.04. The molecule has 0 unspecified atom stereocenters. The number of hydrogen-bond acceptors (Lipinski definition) is 3. The molecule has 1 saturated heterocycles. The normalized spacial score (nSPS) is 18.8. The van der Waals surface area contributed by atoms with Gasteiger partial charge >= 0.3 is 12.2 Å². The van der Waals surface area contributed by atoms with Gasteiger partial charge in [0.05, 0.1) is 16.9 Å². The molecule has 1 aromatic carbocycles. The molecule has 0 spiro atoms. The highest BCUT2D eigenvalue weighted by atomic mass is 35.5. The van der Waals surface area contributed by atoms with Crippen molar-refractivity contribution in [2.45, 2.75) is 63.8 Å². The molecule has 5 nitrogen and oxygen atoms in total. The topological polar surface area (TPSA) is 56.4 Å². The van der Waals surface area contributed by atoms with Crippen LogP contribution in [0.3, 0.4) is 0 Å². The van der Waals surface area contributed by atoms with Gasteiger partial charge in [-0.2, -0.15) is 13.2 Å². The SMILES string of the molecule is CN(C)c1ccc(C(F)(F)F)cc1NC(=O)NC1CC(C)(C)NC(C)(C)C1.Cl. The van der Waals surface area contributed by atoms with E-state index in [-0.39, 0.29) is 35.2 Å². The van der Waals surface area contributed by atoms with Crippen molar-refractivity contribution in [3.63, 3.8) is 0 Å². The number of benzene rings is 1. The minimum atomic E-state index is -4.47. The second-order valence-corrected chi connectivity index (χ2v) is 8.72. The summed E-state index contributed by atoms with van der Waals surface area (Å²) in [4.78, 5) is 14.2. The quantitative estimate of drug-likeness (QED) is 0.666. The van der Waals surface area contributed by atoms with Gasteiger partial charge in [-0.25, -0.2) is 4.79 Å². The van der Waals surface area contributed by atoms with E-state index in [4.69, 9.17) is 0 Å². The number of hydrogen-bond donors (Lipinski definition) is 3. The van der Waals surface area contributed by atoms with Crippen LogP contribution in [0.15, 0.2) is 18.2 Å². The molecule has 1 aliphatic rings. The molecule has 1 aliphatic heterocycles. The van der Waals surface area contributed by atoms with Crippen LogP contribution in [-0.4, -0.2) is 37.2 Å². The standard InChI is InChI=1S/C19H29F3N4O.ClH/c1-17(2)10-13(11-18(3,4)25-17)23-16(27)24-14-9-12(19(20,21)22)7-8-15(14)26(5)6;/h7-9,13,25H,10-11H2,1-6H3,(H2,23,24,27);1H. The third kappa shape index (κ3) is 6.44. The first kappa shape index (κ1) is 24.4. The lowest BCUT2D eigenvalue weighted by Crippen LogP contribution is -2.62. The van der Waals surface area contributed by atoms with E-state index >= 15 is 0 Å². The van der Waals surface area contributed by atoms with Gasteiger partial charge in [0, 0.05) is 31.2 Å². The number of nitrogens with zero attached hydrogens (tertiary/aromatic N) is 1. The summed E-state index contributed by atoms with van der Waals surface area (Å²) >= 11 is 0. The molecule has 160 valence electrons. The van der Waals surface area contributed by atoms with Crippen LogP contribution in [0.5, 0.6) is 0 Å². The molecule has 3 N–H and O–H groups in total. The second-order valence-electron chi connectivity index (χ2n) is 8.72.